The van der Waals surface area contributed by atoms with Crippen molar-refractivity contribution in [3.63, 3.8) is 0 Å². The number of hydrogen-bond acceptors (Lipinski definition) is 0. The highest BCUT2D eigenvalue weighted by Gasteiger charge is 2.41. The molecule has 0 aliphatic heterocycles. The highest BCUT2D eigenvalue weighted by Crippen LogP contribution is 2.29. The molecule has 0 aromatic rings. The monoisotopic (exact) mass is 254 g/mol. The van der Waals surface area contributed by atoms with E-state index in [0.717, 1.165) is 0 Å². The van der Waals surface area contributed by atoms with Gasteiger partial charge >= 0.3 is 0 Å². The number of allylic oxidation sites excluding steroid dienone is 4. The van der Waals surface area contributed by atoms with Gasteiger partial charge in [-0.3, -0.25) is 0 Å². The Kier molecular flexibility index (Phi) is 3.68. The summed E-state index contributed by atoms with van der Waals surface area (Å²) in [6.07, 6.45) is 6.24. The van der Waals surface area contributed by atoms with Gasteiger partial charge in [0.25, 0.3) is 0 Å². The maximum atomic E-state index is 2.59. The maximum Gasteiger partial charge on any atom is 0.0545 e. The molecule has 0 bridgehead atoms. The molecule has 1 rings (SSSR count). The van der Waals surface area contributed by atoms with Gasteiger partial charge in [0.05, 0.1) is 7.83 Å². The first-order chi connectivity index (χ1) is 6.62. The molecule has 0 unspecified atom stereocenters. The lowest BCUT2D eigenvalue weighted by Crippen LogP contribution is -2.59. The van der Waals surface area contributed by atoms with Crippen LogP contribution in [0, 0.1) is 0 Å². The van der Waals surface area contributed by atoms with Gasteiger partial charge in [0, 0.05) is 15.2 Å². The van der Waals surface area contributed by atoms with Crippen LogP contribution in [0.2, 0.25) is 39.3 Å². The molecule has 3 heteroatoms. The molecule has 0 nitrogen and oxygen atoms in total. The molecule has 0 saturated heterocycles. The molecule has 0 N–H and O–H groups in total. The Hall–Kier alpha value is 0.131. The van der Waals surface area contributed by atoms with Crippen LogP contribution in [-0.4, -0.2) is 23.0 Å². The Morgan fingerprint density at radius 2 is 1.47 bits per heavy atom. The average molecular weight is 255 g/mol. The molecular weight excluding hydrogens is 228 g/mol. The van der Waals surface area contributed by atoms with Crippen molar-refractivity contribution >= 4 is 23.0 Å². The van der Waals surface area contributed by atoms with E-state index in [2.05, 4.69) is 58.4 Å². The molecule has 0 aromatic heterocycles. The minimum absolute atomic E-state index is 0.614. The van der Waals surface area contributed by atoms with Crippen LogP contribution in [0.1, 0.15) is 13.3 Å². The van der Waals surface area contributed by atoms with E-state index in [0.29, 0.717) is 0 Å². The standard InChI is InChI=1S/C12H26Si3/c1-11-8-9-12(10-11)13(14(2,3)4)15(5,6)7/h8,10,13H,9H2,1-7H3. The second-order valence-electron chi connectivity index (χ2n) is 7.04. The summed E-state index contributed by atoms with van der Waals surface area (Å²) in [5, 5.41) is 1.88. The van der Waals surface area contributed by atoms with E-state index in [4.69, 9.17) is 0 Å². The highest BCUT2D eigenvalue weighted by atomic mass is 29.6. The Morgan fingerprint density at radius 1 is 1.00 bits per heavy atom. The SMILES string of the molecule is CC1=CCC([SiH]([Si](C)(C)C)[Si](C)(C)C)=C1. The Morgan fingerprint density at radius 3 is 1.73 bits per heavy atom. The Labute approximate surface area is 98.7 Å². The van der Waals surface area contributed by atoms with Crippen molar-refractivity contribution in [3.05, 3.63) is 22.9 Å². The minimum atomic E-state index is -0.918. The third-order valence-corrected chi connectivity index (χ3v) is 36.0. The Balaban J connectivity index is 3.00. The molecule has 0 spiro atoms. The molecule has 0 heterocycles. The summed E-state index contributed by atoms with van der Waals surface area (Å²) >= 11 is 0. The van der Waals surface area contributed by atoms with Crippen LogP contribution >= 0.6 is 0 Å². The molecule has 0 saturated carbocycles. The van der Waals surface area contributed by atoms with Crippen molar-refractivity contribution in [1.29, 1.82) is 0 Å². The smallest absolute Gasteiger partial charge is 0.0545 e. The molecule has 1 aliphatic carbocycles. The van der Waals surface area contributed by atoms with Gasteiger partial charge in [0.2, 0.25) is 0 Å². The van der Waals surface area contributed by atoms with Crippen molar-refractivity contribution in [3.8, 4) is 0 Å². The topological polar surface area (TPSA) is 0 Å². The van der Waals surface area contributed by atoms with Crippen molar-refractivity contribution < 1.29 is 0 Å². The average Bonchev–Trinajstić information content (AvgIpc) is 2.28. The van der Waals surface area contributed by atoms with Gasteiger partial charge in [-0.1, -0.05) is 62.2 Å². The summed E-state index contributed by atoms with van der Waals surface area (Å²) < 4.78 is 0. The van der Waals surface area contributed by atoms with Crippen molar-refractivity contribution in [2.75, 3.05) is 0 Å². The summed E-state index contributed by atoms with van der Waals surface area (Å²) in [7, 11) is -2.45. The summed E-state index contributed by atoms with van der Waals surface area (Å²) in [6, 6.07) is 0. The molecular formula is C12H26Si3. The first-order valence-electron chi connectivity index (χ1n) is 5.99. The minimum Gasteiger partial charge on any atom is -0.0853 e. The summed E-state index contributed by atoms with van der Waals surface area (Å²) in [4.78, 5) is 0. The van der Waals surface area contributed by atoms with E-state index < -0.39 is 23.0 Å². The molecule has 0 amide bonds. The summed E-state index contributed by atoms with van der Waals surface area (Å²) in [5.74, 6) is 0. The summed E-state index contributed by atoms with van der Waals surface area (Å²) in [6.45, 7) is 17.8. The van der Waals surface area contributed by atoms with Gasteiger partial charge in [-0.2, -0.15) is 0 Å². The third-order valence-electron chi connectivity index (χ3n) is 3.18. The van der Waals surface area contributed by atoms with Crippen LogP contribution in [0.25, 0.3) is 0 Å². The Bertz CT molecular complexity index is 286. The quantitative estimate of drug-likeness (QED) is 0.671. The van der Waals surface area contributed by atoms with Crippen LogP contribution in [0.5, 0.6) is 0 Å². The van der Waals surface area contributed by atoms with Crippen LogP contribution in [-0.2, 0) is 0 Å². The van der Waals surface area contributed by atoms with Crippen LogP contribution in [0.15, 0.2) is 22.9 Å². The maximum absolute atomic E-state index is 2.59. The first-order valence-corrected chi connectivity index (χ1v) is 17.2. The second-order valence-corrected chi connectivity index (χ2v) is 33.7. The lowest BCUT2D eigenvalue weighted by Gasteiger charge is -2.38. The number of rotatable bonds is 3. The fraction of sp³-hybridized carbons (Fsp3) is 0.667. The van der Waals surface area contributed by atoms with Crippen molar-refractivity contribution in [2.24, 2.45) is 0 Å². The largest absolute Gasteiger partial charge is 0.0853 e. The molecule has 15 heavy (non-hydrogen) atoms. The van der Waals surface area contributed by atoms with E-state index in [-0.39, 0.29) is 0 Å². The van der Waals surface area contributed by atoms with E-state index in [1.165, 1.54) is 12.0 Å². The van der Waals surface area contributed by atoms with E-state index in [1.54, 1.807) is 0 Å². The van der Waals surface area contributed by atoms with Crippen molar-refractivity contribution in [2.45, 2.75) is 52.6 Å². The van der Waals surface area contributed by atoms with E-state index in [9.17, 15) is 0 Å². The normalized spacial score (nSPS) is 18.1. The highest BCUT2D eigenvalue weighted by molar-refractivity contribution is 7.62. The lowest BCUT2D eigenvalue weighted by molar-refractivity contribution is 1.38. The number of hydrogen-bond donors (Lipinski definition) is 0. The van der Waals surface area contributed by atoms with Gasteiger partial charge in [-0.15, -0.1) is 0 Å². The van der Waals surface area contributed by atoms with Crippen LogP contribution < -0.4 is 0 Å². The zero-order valence-corrected chi connectivity index (χ0v) is 14.6. The molecule has 1 aliphatic rings. The van der Waals surface area contributed by atoms with Crippen LogP contribution in [0.4, 0.5) is 0 Å². The molecule has 0 radical (unpaired) electrons. The van der Waals surface area contributed by atoms with E-state index in [1.807, 2.05) is 5.20 Å². The van der Waals surface area contributed by atoms with Gasteiger partial charge in [-0.25, -0.2) is 0 Å². The predicted molar refractivity (Wildman–Crippen MR) is 80.3 cm³/mol. The zero-order valence-electron chi connectivity index (χ0n) is 11.4. The van der Waals surface area contributed by atoms with E-state index >= 15 is 0 Å². The molecule has 0 fully saturated rings. The van der Waals surface area contributed by atoms with Gasteiger partial charge in [0.15, 0.2) is 0 Å². The van der Waals surface area contributed by atoms with Gasteiger partial charge < -0.3 is 0 Å². The molecule has 0 atom stereocenters. The van der Waals surface area contributed by atoms with Crippen molar-refractivity contribution in [1.82, 2.24) is 0 Å². The van der Waals surface area contributed by atoms with Crippen LogP contribution in [0.3, 0.4) is 0 Å². The first kappa shape index (κ1) is 13.2. The molecule has 0 aromatic carbocycles. The summed E-state index contributed by atoms with van der Waals surface area (Å²) in [5.41, 5.74) is 1.51. The zero-order chi connectivity index (χ0) is 11.9. The fourth-order valence-corrected chi connectivity index (χ4v) is 48.0. The predicted octanol–water partition coefficient (Wildman–Crippen LogP) is 3.86. The second kappa shape index (κ2) is 4.18. The van der Waals surface area contributed by atoms with Gasteiger partial charge in [0.1, 0.15) is 0 Å². The molecule has 86 valence electrons. The van der Waals surface area contributed by atoms with Gasteiger partial charge in [-0.05, 0) is 13.3 Å². The third kappa shape index (κ3) is 3.29. The fourth-order valence-electron chi connectivity index (χ4n) is 3.30. The lowest BCUT2D eigenvalue weighted by atomic mass is 10.3.